The van der Waals surface area contributed by atoms with Crippen LogP contribution >= 0.6 is 11.3 Å². The molecule has 0 aliphatic rings. The largest absolute Gasteiger partial charge is 0.480 e. The van der Waals surface area contributed by atoms with Gasteiger partial charge in [0.2, 0.25) is 5.13 Å². The molecule has 1 aromatic heterocycles. The molecular weight excluding hydrogens is 226 g/mol. The van der Waals surface area contributed by atoms with Gasteiger partial charge in [0.25, 0.3) is 0 Å². The summed E-state index contributed by atoms with van der Waals surface area (Å²) in [5.41, 5.74) is 0. The number of rotatable bonds is 6. The molecule has 1 aromatic rings. The predicted molar refractivity (Wildman–Crippen MR) is 64.0 cm³/mol. The van der Waals surface area contributed by atoms with Crippen molar-refractivity contribution in [1.82, 2.24) is 10.2 Å². The second kappa shape index (κ2) is 5.79. The number of carboxylic acid groups (broad SMARTS) is 1. The summed E-state index contributed by atoms with van der Waals surface area (Å²) in [7, 11) is 0. The van der Waals surface area contributed by atoms with Crippen molar-refractivity contribution in [3.05, 3.63) is 5.01 Å². The highest BCUT2D eigenvalue weighted by Gasteiger charge is 2.18. The van der Waals surface area contributed by atoms with E-state index in [-0.39, 0.29) is 0 Å². The van der Waals surface area contributed by atoms with E-state index in [1.165, 1.54) is 11.3 Å². The molecular formula is C10H17N3O2S. The molecule has 0 aliphatic carbocycles. The van der Waals surface area contributed by atoms with Gasteiger partial charge in [-0.2, -0.15) is 0 Å². The molecule has 0 aromatic carbocycles. The topological polar surface area (TPSA) is 75.1 Å². The van der Waals surface area contributed by atoms with Crippen LogP contribution in [0, 0.1) is 0 Å². The van der Waals surface area contributed by atoms with Crippen LogP contribution in [0.15, 0.2) is 0 Å². The van der Waals surface area contributed by atoms with E-state index in [1.807, 2.05) is 20.8 Å². The molecule has 5 nitrogen and oxygen atoms in total. The van der Waals surface area contributed by atoms with Crippen LogP contribution in [0.1, 0.15) is 44.5 Å². The maximum Gasteiger partial charge on any atom is 0.326 e. The second-order valence-corrected chi connectivity index (χ2v) is 4.93. The van der Waals surface area contributed by atoms with Gasteiger partial charge in [-0.15, -0.1) is 10.2 Å². The molecule has 0 amide bonds. The summed E-state index contributed by atoms with van der Waals surface area (Å²) in [5, 5.41) is 21.3. The van der Waals surface area contributed by atoms with Gasteiger partial charge in [0, 0.05) is 5.92 Å². The average Bonchev–Trinajstić information content (AvgIpc) is 2.65. The fourth-order valence-electron chi connectivity index (χ4n) is 1.22. The molecule has 0 saturated carbocycles. The Morgan fingerprint density at radius 1 is 1.50 bits per heavy atom. The summed E-state index contributed by atoms with van der Waals surface area (Å²) < 4.78 is 0. The molecule has 0 radical (unpaired) electrons. The van der Waals surface area contributed by atoms with E-state index < -0.39 is 12.0 Å². The lowest BCUT2D eigenvalue weighted by atomic mass is 10.2. The molecule has 2 N–H and O–H groups in total. The Labute approximate surface area is 98.9 Å². The Balaban J connectivity index is 2.66. The van der Waals surface area contributed by atoms with Crippen LogP contribution < -0.4 is 5.32 Å². The van der Waals surface area contributed by atoms with Gasteiger partial charge in [-0.25, -0.2) is 4.79 Å². The monoisotopic (exact) mass is 243 g/mol. The molecule has 0 bridgehead atoms. The third-order valence-electron chi connectivity index (χ3n) is 2.11. The van der Waals surface area contributed by atoms with Gasteiger partial charge < -0.3 is 10.4 Å². The lowest BCUT2D eigenvalue weighted by Gasteiger charge is -2.11. The predicted octanol–water partition coefficient (Wildman–Crippen LogP) is 2.33. The third kappa shape index (κ3) is 3.44. The summed E-state index contributed by atoms with van der Waals surface area (Å²) >= 11 is 1.42. The minimum atomic E-state index is -0.844. The van der Waals surface area contributed by atoms with Crippen molar-refractivity contribution >= 4 is 22.4 Å². The first-order chi connectivity index (χ1) is 7.54. The minimum Gasteiger partial charge on any atom is -0.480 e. The molecule has 90 valence electrons. The van der Waals surface area contributed by atoms with Crippen LogP contribution in [0.3, 0.4) is 0 Å². The quantitative estimate of drug-likeness (QED) is 0.802. The van der Waals surface area contributed by atoms with Gasteiger partial charge in [0.15, 0.2) is 0 Å². The van der Waals surface area contributed by atoms with Gasteiger partial charge in [-0.05, 0) is 6.42 Å². The van der Waals surface area contributed by atoms with Crippen molar-refractivity contribution in [2.45, 2.75) is 45.6 Å². The first-order valence-corrected chi connectivity index (χ1v) is 6.19. The molecule has 0 fully saturated rings. The highest BCUT2D eigenvalue weighted by molar-refractivity contribution is 7.15. The van der Waals surface area contributed by atoms with E-state index >= 15 is 0 Å². The SMILES string of the molecule is CCCC(Nc1nnc(C(C)C)s1)C(=O)O. The average molecular weight is 243 g/mol. The van der Waals surface area contributed by atoms with Gasteiger partial charge in [-0.1, -0.05) is 38.5 Å². The standard InChI is InChI=1S/C10H17N3O2S/c1-4-5-7(9(14)15)11-10-13-12-8(16-10)6(2)3/h6-7H,4-5H2,1-3H3,(H,11,13)(H,14,15). The lowest BCUT2D eigenvalue weighted by molar-refractivity contribution is -0.138. The summed E-state index contributed by atoms with van der Waals surface area (Å²) in [4.78, 5) is 10.9. The maximum absolute atomic E-state index is 10.9. The van der Waals surface area contributed by atoms with Gasteiger partial charge in [-0.3, -0.25) is 0 Å². The number of nitrogens with zero attached hydrogens (tertiary/aromatic N) is 2. The summed E-state index contributed by atoms with van der Waals surface area (Å²) in [6, 6.07) is -0.571. The minimum absolute atomic E-state index is 0.322. The normalized spacial score (nSPS) is 12.8. The zero-order chi connectivity index (χ0) is 12.1. The van der Waals surface area contributed by atoms with Crippen LogP contribution in [-0.4, -0.2) is 27.3 Å². The Bertz CT molecular complexity index is 352. The van der Waals surface area contributed by atoms with Crippen molar-refractivity contribution in [1.29, 1.82) is 0 Å². The third-order valence-corrected chi connectivity index (χ3v) is 3.26. The molecule has 1 heterocycles. The highest BCUT2D eigenvalue weighted by atomic mass is 32.1. The summed E-state index contributed by atoms with van der Waals surface area (Å²) in [5.74, 6) is -0.523. The molecule has 0 spiro atoms. The van der Waals surface area contributed by atoms with Crippen molar-refractivity contribution in [2.24, 2.45) is 0 Å². The van der Waals surface area contributed by atoms with E-state index in [4.69, 9.17) is 5.11 Å². The maximum atomic E-state index is 10.9. The van der Waals surface area contributed by atoms with E-state index in [0.29, 0.717) is 17.5 Å². The number of nitrogens with one attached hydrogen (secondary N) is 1. The first kappa shape index (κ1) is 12.9. The zero-order valence-corrected chi connectivity index (χ0v) is 10.5. The molecule has 1 unspecified atom stereocenters. The van der Waals surface area contributed by atoms with E-state index in [9.17, 15) is 4.79 Å². The van der Waals surface area contributed by atoms with E-state index in [0.717, 1.165) is 11.4 Å². The molecule has 0 aliphatic heterocycles. The Hall–Kier alpha value is -1.17. The van der Waals surface area contributed by atoms with Crippen molar-refractivity contribution in [2.75, 3.05) is 5.32 Å². The van der Waals surface area contributed by atoms with Crippen LogP contribution in [0.5, 0.6) is 0 Å². The number of hydrogen-bond acceptors (Lipinski definition) is 5. The lowest BCUT2D eigenvalue weighted by Crippen LogP contribution is -2.28. The fourth-order valence-corrected chi connectivity index (χ4v) is 2.02. The summed E-state index contributed by atoms with van der Waals surface area (Å²) in [6.45, 7) is 6.02. The Morgan fingerprint density at radius 2 is 2.19 bits per heavy atom. The second-order valence-electron chi connectivity index (χ2n) is 3.92. The van der Waals surface area contributed by atoms with E-state index in [1.54, 1.807) is 0 Å². The molecule has 16 heavy (non-hydrogen) atoms. The number of aliphatic carboxylic acids is 1. The van der Waals surface area contributed by atoms with Crippen molar-refractivity contribution in [3.8, 4) is 0 Å². The first-order valence-electron chi connectivity index (χ1n) is 5.37. The van der Waals surface area contributed by atoms with Crippen LogP contribution in [0.25, 0.3) is 0 Å². The Kier molecular flexibility index (Phi) is 4.67. The smallest absolute Gasteiger partial charge is 0.326 e. The van der Waals surface area contributed by atoms with Gasteiger partial charge in [0.1, 0.15) is 11.0 Å². The Morgan fingerprint density at radius 3 is 2.62 bits per heavy atom. The number of carbonyl (C=O) groups is 1. The summed E-state index contributed by atoms with van der Waals surface area (Å²) in [6.07, 6.45) is 1.41. The van der Waals surface area contributed by atoms with Crippen LogP contribution in [0.4, 0.5) is 5.13 Å². The van der Waals surface area contributed by atoms with Gasteiger partial charge in [0.05, 0.1) is 0 Å². The zero-order valence-electron chi connectivity index (χ0n) is 9.73. The number of hydrogen-bond donors (Lipinski definition) is 2. The van der Waals surface area contributed by atoms with Crippen LogP contribution in [0.2, 0.25) is 0 Å². The molecule has 0 saturated heterocycles. The molecule has 6 heteroatoms. The fraction of sp³-hybridized carbons (Fsp3) is 0.700. The number of aromatic nitrogens is 2. The molecule has 1 atom stereocenters. The van der Waals surface area contributed by atoms with Crippen LogP contribution in [-0.2, 0) is 4.79 Å². The number of anilines is 1. The molecule has 1 rings (SSSR count). The van der Waals surface area contributed by atoms with Crippen molar-refractivity contribution in [3.63, 3.8) is 0 Å². The van der Waals surface area contributed by atoms with Crippen molar-refractivity contribution < 1.29 is 9.90 Å². The van der Waals surface area contributed by atoms with E-state index in [2.05, 4.69) is 15.5 Å². The van der Waals surface area contributed by atoms with Gasteiger partial charge >= 0.3 is 5.97 Å². The highest BCUT2D eigenvalue weighted by Crippen LogP contribution is 2.23. The number of carboxylic acids is 1.